The normalized spacial score (nSPS) is 16.3. The Morgan fingerprint density at radius 2 is 2.03 bits per heavy atom. The molecule has 0 spiro atoms. The number of urea groups is 1. The number of amides is 2. The number of rotatable bonds is 7. The largest absolute Gasteiger partial charge is 0.497 e. The Bertz CT molecular complexity index is 1160. The Balaban J connectivity index is 1.80. The minimum atomic E-state index is -0.616. The van der Waals surface area contributed by atoms with E-state index in [4.69, 9.17) is 9.26 Å². The second-order valence-corrected chi connectivity index (χ2v) is 7.60. The Hall–Kier alpha value is -3.68. The maximum atomic E-state index is 14.0. The first-order valence-electron chi connectivity index (χ1n) is 10.5. The molecule has 0 bridgehead atoms. The van der Waals surface area contributed by atoms with E-state index >= 15 is 0 Å². The third-order valence-electron chi connectivity index (χ3n) is 5.50. The van der Waals surface area contributed by atoms with Gasteiger partial charge in [-0.2, -0.15) is 4.98 Å². The van der Waals surface area contributed by atoms with Gasteiger partial charge in [-0.05, 0) is 43.2 Å². The maximum Gasteiger partial charge on any atom is 0.322 e. The third-order valence-corrected chi connectivity index (χ3v) is 5.50. The predicted octanol–water partition coefficient (Wildman–Crippen LogP) is 5.18. The van der Waals surface area contributed by atoms with Crippen LogP contribution in [-0.4, -0.2) is 34.7 Å². The van der Waals surface area contributed by atoms with Gasteiger partial charge >= 0.3 is 6.03 Å². The van der Waals surface area contributed by atoms with Crippen molar-refractivity contribution in [3.05, 3.63) is 71.5 Å². The number of nitrogens with zero attached hydrogens (tertiary/aromatic N) is 3. The van der Waals surface area contributed by atoms with Crippen molar-refractivity contribution in [3.8, 4) is 17.1 Å². The van der Waals surface area contributed by atoms with E-state index in [1.165, 1.54) is 12.1 Å². The summed E-state index contributed by atoms with van der Waals surface area (Å²) >= 11 is 0. The number of benzene rings is 2. The lowest BCUT2D eigenvalue weighted by Crippen LogP contribution is -2.46. The quantitative estimate of drug-likeness (QED) is 0.552. The second-order valence-electron chi connectivity index (χ2n) is 7.60. The van der Waals surface area contributed by atoms with Crippen LogP contribution >= 0.6 is 0 Å². The zero-order valence-corrected chi connectivity index (χ0v) is 18.3. The van der Waals surface area contributed by atoms with Crippen molar-refractivity contribution in [1.82, 2.24) is 20.4 Å². The van der Waals surface area contributed by atoms with Crippen LogP contribution in [0.1, 0.15) is 44.2 Å². The van der Waals surface area contributed by atoms with Crippen LogP contribution in [-0.2, 0) is 0 Å². The maximum absolute atomic E-state index is 14.0. The van der Waals surface area contributed by atoms with E-state index in [1.807, 2.05) is 31.2 Å². The zero-order valence-electron chi connectivity index (χ0n) is 18.3. The van der Waals surface area contributed by atoms with Gasteiger partial charge in [0.25, 0.3) is 5.89 Å². The van der Waals surface area contributed by atoms with Gasteiger partial charge in [-0.3, -0.25) is 4.90 Å². The molecule has 0 saturated heterocycles. The molecule has 4 rings (SSSR count). The molecular formula is C24H25FN4O3. The number of hydrogen-bond donors (Lipinski definition) is 1. The second kappa shape index (κ2) is 9.21. The molecule has 166 valence electrons. The summed E-state index contributed by atoms with van der Waals surface area (Å²) in [7, 11) is 1.59. The average molecular weight is 436 g/mol. The van der Waals surface area contributed by atoms with Crippen molar-refractivity contribution >= 4 is 11.6 Å². The van der Waals surface area contributed by atoms with Crippen LogP contribution in [0.3, 0.4) is 0 Å². The minimum absolute atomic E-state index is 0.235. The van der Waals surface area contributed by atoms with E-state index in [-0.39, 0.29) is 17.7 Å². The minimum Gasteiger partial charge on any atom is -0.497 e. The number of aromatic nitrogens is 2. The van der Waals surface area contributed by atoms with Crippen LogP contribution in [0.4, 0.5) is 9.18 Å². The molecule has 1 aromatic heterocycles. The summed E-state index contributed by atoms with van der Waals surface area (Å²) in [5.41, 5.74) is 2.69. The highest BCUT2D eigenvalue weighted by Gasteiger charge is 2.35. The first kappa shape index (κ1) is 21.5. The fourth-order valence-electron chi connectivity index (χ4n) is 3.79. The standard InChI is InChI=1S/C24H25FN4O3/c1-4-5-12-29-15(2)20(21(26-24(29)30)16-8-6-10-18(25)13-16)23-27-22(28-32-23)17-9-7-11-19(14-17)31-3/h6-11,13-14,21H,4-5,12H2,1-3H3,(H,26,30). The van der Waals surface area contributed by atoms with Crippen LogP contribution in [0.2, 0.25) is 0 Å². The van der Waals surface area contributed by atoms with E-state index < -0.39 is 6.04 Å². The molecule has 2 amide bonds. The molecule has 0 aliphatic carbocycles. The van der Waals surface area contributed by atoms with E-state index in [0.717, 1.165) is 18.4 Å². The Kier molecular flexibility index (Phi) is 6.20. The fourth-order valence-corrected chi connectivity index (χ4v) is 3.79. The topological polar surface area (TPSA) is 80.5 Å². The average Bonchev–Trinajstić information content (AvgIpc) is 3.28. The predicted molar refractivity (Wildman–Crippen MR) is 118 cm³/mol. The molecule has 1 unspecified atom stereocenters. The number of unbranched alkanes of at least 4 members (excludes halogenated alkanes) is 1. The van der Waals surface area contributed by atoms with Crippen LogP contribution in [0, 0.1) is 5.82 Å². The van der Waals surface area contributed by atoms with Crippen molar-refractivity contribution in [3.63, 3.8) is 0 Å². The Morgan fingerprint density at radius 1 is 1.22 bits per heavy atom. The lowest BCUT2D eigenvalue weighted by atomic mass is 9.94. The zero-order chi connectivity index (χ0) is 22.7. The molecule has 1 aliphatic heterocycles. The van der Waals surface area contributed by atoms with E-state index in [1.54, 1.807) is 24.1 Å². The highest BCUT2D eigenvalue weighted by Crippen LogP contribution is 2.37. The molecule has 0 radical (unpaired) electrons. The summed E-state index contributed by atoms with van der Waals surface area (Å²) in [6, 6.07) is 12.7. The van der Waals surface area contributed by atoms with E-state index in [2.05, 4.69) is 22.4 Å². The molecule has 0 fully saturated rings. The van der Waals surface area contributed by atoms with Crippen molar-refractivity contribution in [2.24, 2.45) is 0 Å². The number of hydrogen-bond acceptors (Lipinski definition) is 5. The monoisotopic (exact) mass is 436 g/mol. The molecular weight excluding hydrogens is 411 g/mol. The van der Waals surface area contributed by atoms with E-state index in [9.17, 15) is 9.18 Å². The summed E-state index contributed by atoms with van der Waals surface area (Å²) in [4.78, 5) is 19.1. The summed E-state index contributed by atoms with van der Waals surface area (Å²) in [6.45, 7) is 4.48. The lowest BCUT2D eigenvalue weighted by Gasteiger charge is -2.35. The van der Waals surface area contributed by atoms with Gasteiger partial charge in [0.2, 0.25) is 5.82 Å². The van der Waals surface area contributed by atoms with Crippen molar-refractivity contribution < 1.29 is 18.4 Å². The molecule has 1 N–H and O–H groups in total. The number of carbonyl (C=O) groups is 1. The number of halogens is 1. The highest BCUT2D eigenvalue weighted by molar-refractivity contribution is 5.86. The molecule has 2 aromatic carbocycles. The van der Waals surface area contributed by atoms with Gasteiger partial charge in [-0.25, -0.2) is 9.18 Å². The fraction of sp³-hybridized carbons (Fsp3) is 0.292. The smallest absolute Gasteiger partial charge is 0.322 e. The molecule has 7 nitrogen and oxygen atoms in total. The Morgan fingerprint density at radius 3 is 2.78 bits per heavy atom. The molecule has 2 heterocycles. The van der Waals surface area contributed by atoms with Gasteiger partial charge in [0, 0.05) is 17.8 Å². The molecule has 1 atom stereocenters. The molecule has 0 saturated carbocycles. The Labute approximate surface area is 185 Å². The van der Waals surface area contributed by atoms with Gasteiger partial charge in [0.05, 0.1) is 18.7 Å². The van der Waals surface area contributed by atoms with Gasteiger partial charge in [-0.1, -0.05) is 42.8 Å². The molecule has 1 aliphatic rings. The van der Waals surface area contributed by atoms with Crippen LogP contribution in [0.15, 0.2) is 58.8 Å². The number of carbonyl (C=O) groups excluding carboxylic acids is 1. The number of allylic oxidation sites excluding steroid dienone is 1. The van der Waals surface area contributed by atoms with Gasteiger partial charge in [0.1, 0.15) is 11.6 Å². The molecule has 32 heavy (non-hydrogen) atoms. The molecule has 3 aromatic rings. The first-order valence-corrected chi connectivity index (χ1v) is 10.5. The van der Waals surface area contributed by atoms with E-state index in [0.29, 0.717) is 35.0 Å². The highest BCUT2D eigenvalue weighted by atomic mass is 19.1. The third kappa shape index (κ3) is 4.21. The summed E-state index contributed by atoms with van der Waals surface area (Å²) < 4.78 is 24.9. The van der Waals surface area contributed by atoms with Crippen molar-refractivity contribution in [1.29, 1.82) is 0 Å². The number of nitrogens with one attached hydrogen (secondary N) is 1. The number of ether oxygens (including phenoxy) is 1. The van der Waals surface area contributed by atoms with Gasteiger partial charge in [-0.15, -0.1) is 0 Å². The van der Waals surface area contributed by atoms with Crippen LogP contribution in [0.5, 0.6) is 5.75 Å². The summed E-state index contributed by atoms with van der Waals surface area (Å²) in [5, 5.41) is 7.12. The summed E-state index contributed by atoms with van der Waals surface area (Å²) in [5.74, 6) is 0.965. The summed E-state index contributed by atoms with van der Waals surface area (Å²) in [6.07, 6.45) is 1.79. The van der Waals surface area contributed by atoms with Crippen molar-refractivity contribution in [2.75, 3.05) is 13.7 Å². The van der Waals surface area contributed by atoms with Crippen LogP contribution in [0.25, 0.3) is 17.0 Å². The van der Waals surface area contributed by atoms with Crippen LogP contribution < -0.4 is 10.1 Å². The molecule has 8 heteroatoms. The van der Waals surface area contributed by atoms with Crippen molar-refractivity contribution in [2.45, 2.75) is 32.7 Å². The van der Waals surface area contributed by atoms with Gasteiger partial charge in [0.15, 0.2) is 0 Å². The first-order chi connectivity index (χ1) is 15.5. The number of methoxy groups -OCH3 is 1. The lowest BCUT2D eigenvalue weighted by molar-refractivity contribution is 0.204. The SMILES string of the molecule is CCCCN1C(=O)NC(c2cccc(F)c2)C(c2nc(-c3cccc(OC)c3)no2)=C1C. The van der Waals surface area contributed by atoms with Gasteiger partial charge < -0.3 is 14.6 Å².